The minimum atomic E-state index is -0.919. The Morgan fingerprint density at radius 3 is 2.89 bits per heavy atom. The lowest BCUT2D eigenvalue weighted by Gasteiger charge is -2.14. The van der Waals surface area contributed by atoms with Gasteiger partial charge in [-0.3, -0.25) is 0 Å². The third-order valence-corrected chi connectivity index (χ3v) is 2.69. The van der Waals surface area contributed by atoms with Crippen LogP contribution in [-0.2, 0) is 0 Å². The van der Waals surface area contributed by atoms with Crippen LogP contribution in [-0.4, -0.2) is 39.2 Å². The van der Waals surface area contributed by atoms with Gasteiger partial charge in [0, 0.05) is 12.7 Å². The lowest BCUT2D eigenvalue weighted by Crippen LogP contribution is -2.23. The van der Waals surface area contributed by atoms with Crippen molar-refractivity contribution >= 4 is 17.3 Å². The summed E-state index contributed by atoms with van der Waals surface area (Å²) in [4.78, 5) is 0. The average molecular weight is 286 g/mol. The van der Waals surface area contributed by atoms with Gasteiger partial charge in [0.05, 0.1) is 35.3 Å². The van der Waals surface area contributed by atoms with Crippen molar-refractivity contribution in [2.75, 3.05) is 18.5 Å². The van der Waals surface area contributed by atoms with Crippen LogP contribution in [0, 0.1) is 5.82 Å². The molecule has 0 aliphatic heterocycles. The third-order valence-electron chi connectivity index (χ3n) is 2.50. The molecule has 3 N–H and O–H groups in total. The van der Waals surface area contributed by atoms with E-state index in [9.17, 15) is 9.50 Å². The highest BCUT2D eigenvalue weighted by atomic mass is 35.5. The molecule has 102 valence electrons. The summed E-state index contributed by atoms with van der Waals surface area (Å²) >= 11 is 5.79. The van der Waals surface area contributed by atoms with Crippen LogP contribution in [0.1, 0.15) is 0 Å². The molecule has 2 aromatic rings. The van der Waals surface area contributed by atoms with E-state index in [0.717, 1.165) is 0 Å². The fourth-order valence-electron chi connectivity index (χ4n) is 1.57. The number of hydrogen-bond acceptors (Lipinski definition) is 4. The Bertz CT molecular complexity index is 562. The van der Waals surface area contributed by atoms with Crippen LogP contribution in [0.3, 0.4) is 0 Å². The molecular formula is C12H13ClFN3O2. The van der Waals surface area contributed by atoms with Crippen LogP contribution < -0.4 is 5.32 Å². The molecule has 7 heteroatoms. The van der Waals surface area contributed by atoms with Gasteiger partial charge in [-0.25, -0.2) is 9.07 Å². The van der Waals surface area contributed by atoms with Crippen molar-refractivity contribution in [3.63, 3.8) is 0 Å². The first-order valence-corrected chi connectivity index (χ1v) is 6.01. The molecule has 1 aromatic heterocycles. The van der Waals surface area contributed by atoms with Gasteiger partial charge in [0.2, 0.25) is 0 Å². The number of nitrogens with zero attached hydrogens (tertiary/aromatic N) is 2. The number of aliphatic hydroxyl groups is 2. The van der Waals surface area contributed by atoms with Gasteiger partial charge in [0.1, 0.15) is 5.82 Å². The van der Waals surface area contributed by atoms with Gasteiger partial charge in [-0.15, -0.1) is 0 Å². The summed E-state index contributed by atoms with van der Waals surface area (Å²) in [6.45, 7) is -0.271. The van der Waals surface area contributed by atoms with E-state index in [2.05, 4.69) is 10.4 Å². The van der Waals surface area contributed by atoms with E-state index in [1.807, 2.05) is 0 Å². The van der Waals surface area contributed by atoms with Gasteiger partial charge in [-0.1, -0.05) is 11.6 Å². The standard InChI is InChI=1S/C12H13ClFN3O2/c13-8-4-16-17(6-8)12-2-1-9(14)3-11(12)15-5-10(19)7-18/h1-4,6,10,15,18-19H,5,7H2. The Morgan fingerprint density at radius 1 is 1.47 bits per heavy atom. The van der Waals surface area contributed by atoms with E-state index in [4.69, 9.17) is 16.7 Å². The fraction of sp³-hybridized carbons (Fsp3) is 0.250. The largest absolute Gasteiger partial charge is 0.394 e. The molecule has 0 spiro atoms. The smallest absolute Gasteiger partial charge is 0.125 e. The van der Waals surface area contributed by atoms with E-state index in [1.165, 1.54) is 23.0 Å². The first-order valence-electron chi connectivity index (χ1n) is 5.63. The zero-order valence-electron chi connectivity index (χ0n) is 9.92. The third kappa shape index (κ3) is 3.44. The van der Waals surface area contributed by atoms with Crippen molar-refractivity contribution in [2.45, 2.75) is 6.10 Å². The van der Waals surface area contributed by atoms with Crippen LogP contribution in [0.5, 0.6) is 0 Å². The van der Waals surface area contributed by atoms with Crippen LogP contribution in [0.15, 0.2) is 30.6 Å². The van der Waals surface area contributed by atoms with Crippen molar-refractivity contribution in [1.29, 1.82) is 0 Å². The van der Waals surface area contributed by atoms with Gasteiger partial charge in [0.15, 0.2) is 0 Å². The Balaban J connectivity index is 2.27. The molecule has 1 atom stereocenters. The maximum atomic E-state index is 13.3. The average Bonchev–Trinajstić information content (AvgIpc) is 2.82. The summed E-state index contributed by atoms with van der Waals surface area (Å²) in [5, 5.41) is 25.4. The maximum Gasteiger partial charge on any atom is 0.125 e. The molecule has 5 nitrogen and oxygen atoms in total. The number of hydrogen-bond donors (Lipinski definition) is 3. The Morgan fingerprint density at radius 2 is 2.26 bits per heavy atom. The summed E-state index contributed by atoms with van der Waals surface area (Å²) < 4.78 is 14.8. The van der Waals surface area contributed by atoms with Gasteiger partial charge in [-0.2, -0.15) is 5.10 Å². The summed E-state index contributed by atoms with van der Waals surface area (Å²) in [6.07, 6.45) is 2.14. The summed E-state index contributed by atoms with van der Waals surface area (Å²) in [7, 11) is 0. The molecule has 0 aliphatic rings. The highest BCUT2D eigenvalue weighted by Gasteiger charge is 2.09. The number of nitrogens with one attached hydrogen (secondary N) is 1. The van der Waals surface area contributed by atoms with E-state index in [-0.39, 0.29) is 13.2 Å². The van der Waals surface area contributed by atoms with E-state index < -0.39 is 11.9 Å². The summed E-state index contributed by atoms with van der Waals surface area (Å²) in [5.74, 6) is -0.414. The molecule has 1 unspecified atom stereocenters. The zero-order valence-corrected chi connectivity index (χ0v) is 10.7. The van der Waals surface area contributed by atoms with Crippen molar-refractivity contribution < 1.29 is 14.6 Å². The zero-order chi connectivity index (χ0) is 13.8. The number of benzene rings is 1. The van der Waals surface area contributed by atoms with Gasteiger partial charge in [0.25, 0.3) is 0 Å². The monoisotopic (exact) mass is 285 g/mol. The molecule has 1 heterocycles. The number of aliphatic hydroxyl groups excluding tert-OH is 2. The van der Waals surface area contributed by atoms with Crippen LogP contribution in [0.4, 0.5) is 10.1 Å². The fourth-order valence-corrected chi connectivity index (χ4v) is 1.71. The highest BCUT2D eigenvalue weighted by Crippen LogP contribution is 2.22. The molecule has 0 saturated heterocycles. The lowest BCUT2D eigenvalue weighted by atomic mass is 10.2. The molecule has 0 amide bonds. The predicted octanol–water partition coefficient (Wildman–Crippen LogP) is 1.43. The van der Waals surface area contributed by atoms with Crippen LogP contribution in [0.25, 0.3) is 5.69 Å². The molecule has 1 aromatic carbocycles. The quantitative estimate of drug-likeness (QED) is 0.777. The van der Waals surface area contributed by atoms with Gasteiger partial charge < -0.3 is 15.5 Å². The topological polar surface area (TPSA) is 70.3 Å². The second-order valence-corrected chi connectivity index (χ2v) is 4.42. The predicted molar refractivity (Wildman–Crippen MR) is 70.1 cm³/mol. The lowest BCUT2D eigenvalue weighted by molar-refractivity contribution is 0.105. The minimum Gasteiger partial charge on any atom is -0.394 e. The Labute approximate surface area is 114 Å². The number of halogens is 2. The molecule has 0 fully saturated rings. The maximum absolute atomic E-state index is 13.3. The van der Waals surface area contributed by atoms with Gasteiger partial charge >= 0.3 is 0 Å². The normalized spacial score (nSPS) is 12.4. The van der Waals surface area contributed by atoms with Gasteiger partial charge in [-0.05, 0) is 18.2 Å². The van der Waals surface area contributed by atoms with Crippen LogP contribution in [0.2, 0.25) is 5.02 Å². The molecule has 0 bridgehead atoms. The second kappa shape index (κ2) is 6.01. The summed E-state index contributed by atoms with van der Waals surface area (Å²) in [6, 6.07) is 4.14. The van der Waals surface area contributed by atoms with E-state index >= 15 is 0 Å². The van der Waals surface area contributed by atoms with E-state index in [0.29, 0.717) is 16.4 Å². The molecule has 0 saturated carbocycles. The van der Waals surface area contributed by atoms with Crippen LogP contribution >= 0.6 is 11.6 Å². The van der Waals surface area contributed by atoms with Crippen molar-refractivity contribution in [3.8, 4) is 5.69 Å². The minimum absolute atomic E-state index is 0.0992. The molecule has 2 rings (SSSR count). The SMILES string of the molecule is OCC(O)CNc1cc(F)ccc1-n1cc(Cl)cn1. The first kappa shape index (κ1) is 13.8. The molecule has 0 aliphatic carbocycles. The number of rotatable bonds is 5. The van der Waals surface area contributed by atoms with Crippen molar-refractivity contribution in [1.82, 2.24) is 9.78 Å². The number of anilines is 1. The Kier molecular flexibility index (Phi) is 4.36. The first-order chi connectivity index (χ1) is 9.10. The molecule has 0 radical (unpaired) electrons. The molecule has 19 heavy (non-hydrogen) atoms. The van der Waals surface area contributed by atoms with E-state index in [1.54, 1.807) is 12.3 Å². The second-order valence-electron chi connectivity index (χ2n) is 3.98. The number of aromatic nitrogens is 2. The van der Waals surface area contributed by atoms with Crippen molar-refractivity contribution in [2.24, 2.45) is 0 Å². The molecular weight excluding hydrogens is 273 g/mol. The summed E-state index contributed by atoms with van der Waals surface area (Å²) in [5.41, 5.74) is 1.05. The van der Waals surface area contributed by atoms with Crippen molar-refractivity contribution in [3.05, 3.63) is 41.4 Å². The Hall–Kier alpha value is -1.63. The highest BCUT2D eigenvalue weighted by molar-refractivity contribution is 6.30.